The SMILES string of the molecule is C[C@@H](O)[C@H]1C(=O)N2C(C(=O)O)=C(CN(C)CC(=O)N3CCN(C)CC3)S[C@H]12. The molecule has 0 saturated carbocycles. The number of hydrogen-bond donors (Lipinski definition) is 2. The lowest BCUT2D eigenvalue weighted by atomic mass is 9.92. The van der Waals surface area contributed by atoms with E-state index in [1.807, 2.05) is 11.9 Å². The van der Waals surface area contributed by atoms with Crippen LogP contribution in [0.5, 0.6) is 0 Å². The third-order valence-electron chi connectivity index (χ3n) is 5.25. The molecule has 3 aliphatic heterocycles. The molecule has 0 aromatic heterocycles. The van der Waals surface area contributed by atoms with Crippen molar-refractivity contribution in [3.8, 4) is 0 Å². The van der Waals surface area contributed by atoms with E-state index in [1.165, 1.54) is 16.7 Å². The van der Waals surface area contributed by atoms with E-state index < -0.39 is 18.0 Å². The van der Waals surface area contributed by atoms with Crippen molar-refractivity contribution in [2.24, 2.45) is 5.92 Å². The van der Waals surface area contributed by atoms with Crippen molar-refractivity contribution in [1.29, 1.82) is 0 Å². The van der Waals surface area contributed by atoms with Crippen molar-refractivity contribution in [2.75, 3.05) is 53.4 Å². The van der Waals surface area contributed by atoms with Crippen LogP contribution in [0.4, 0.5) is 0 Å². The van der Waals surface area contributed by atoms with E-state index in [-0.39, 0.29) is 36.0 Å². The van der Waals surface area contributed by atoms with Crippen molar-refractivity contribution < 1.29 is 24.6 Å². The summed E-state index contributed by atoms with van der Waals surface area (Å²) in [5.41, 5.74) is -0.0224. The summed E-state index contributed by atoms with van der Waals surface area (Å²) in [6.45, 7) is 5.10. The quantitative estimate of drug-likeness (QED) is 0.544. The van der Waals surface area contributed by atoms with Crippen molar-refractivity contribution >= 4 is 29.5 Å². The number of β-lactam (4-membered cyclic amide) rings is 1. The second-order valence-corrected chi connectivity index (χ2v) is 8.63. The number of piperazine rings is 1. The molecule has 10 heteroatoms. The lowest BCUT2D eigenvalue weighted by Gasteiger charge is -2.43. The van der Waals surface area contributed by atoms with Crippen LogP contribution in [0.1, 0.15) is 6.92 Å². The number of aliphatic carboxylic acids is 1. The largest absolute Gasteiger partial charge is 0.477 e. The minimum Gasteiger partial charge on any atom is -0.477 e. The molecule has 9 nitrogen and oxygen atoms in total. The van der Waals surface area contributed by atoms with E-state index in [4.69, 9.17) is 0 Å². The highest BCUT2D eigenvalue weighted by molar-refractivity contribution is 8.04. The molecule has 0 aliphatic carbocycles. The molecule has 0 bridgehead atoms. The zero-order chi connectivity index (χ0) is 19.9. The van der Waals surface area contributed by atoms with E-state index in [1.54, 1.807) is 18.9 Å². The van der Waals surface area contributed by atoms with E-state index in [9.17, 15) is 24.6 Å². The molecule has 2 fully saturated rings. The minimum atomic E-state index is -1.16. The van der Waals surface area contributed by atoms with Gasteiger partial charge in [0.2, 0.25) is 11.8 Å². The van der Waals surface area contributed by atoms with Crippen LogP contribution in [0.15, 0.2) is 10.6 Å². The maximum atomic E-state index is 12.5. The molecule has 0 unspecified atom stereocenters. The summed E-state index contributed by atoms with van der Waals surface area (Å²) in [5, 5.41) is 18.9. The summed E-state index contributed by atoms with van der Waals surface area (Å²) in [6.07, 6.45) is -0.822. The molecule has 3 rings (SSSR count). The van der Waals surface area contributed by atoms with Crippen LogP contribution < -0.4 is 0 Å². The number of amides is 2. The summed E-state index contributed by atoms with van der Waals surface area (Å²) in [4.78, 5) is 44.0. The number of rotatable bonds is 6. The third-order valence-corrected chi connectivity index (χ3v) is 6.60. The number of carbonyl (C=O) groups is 3. The molecular weight excluding hydrogens is 372 g/mol. The summed E-state index contributed by atoms with van der Waals surface area (Å²) in [6, 6.07) is 0. The molecule has 2 saturated heterocycles. The van der Waals surface area contributed by atoms with Gasteiger partial charge in [-0.2, -0.15) is 0 Å². The Balaban J connectivity index is 1.63. The standard InChI is InChI=1S/C17H26N4O5S/c1-10(22)13-15(24)21-14(17(25)26)11(27-16(13)21)8-19(3)9-12(23)20-6-4-18(2)5-7-20/h10,13,16,22H,4-9H2,1-3H3,(H,25,26)/t10-,13+,16-/m1/s1. The van der Waals surface area contributed by atoms with Gasteiger partial charge in [0, 0.05) is 37.6 Å². The highest BCUT2D eigenvalue weighted by atomic mass is 32.2. The second-order valence-electron chi connectivity index (χ2n) is 7.42. The molecule has 0 aromatic carbocycles. The predicted molar refractivity (Wildman–Crippen MR) is 99.6 cm³/mol. The molecule has 150 valence electrons. The smallest absolute Gasteiger partial charge is 0.353 e. The van der Waals surface area contributed by atoms with Gasteiger partial charge in [0.15, 0.2) is 0 Å². The van der Waals surface area contributed by atoms with Gasteiger partial charge in [-0.05, 0) is 21.0 Å². The summed E-state index contributed by atoms with van der Waals surface area (Å²) in [7, 11) is 3.79. The summed E-state index contributed by atoms with van der Waals surface area (Å²) in [5.74, 6) is -2.08. The van der Waals surface area contributed by atoms with Crippen LogP contribution in [0, 0.1) is 5.92 Å². The van der Waals surface area contributed by atoms with Gasteiger partial charge < -0.3 is 20.0 Å². The van der Waals surface area contributed by atoms with Gasteiger partial charge in [-0.3, -0.25) is 19.4 Å². The number of hydrogen-bond acceptors (Lipinski definition) is 7. The van der Waals surface area contributed by atoms with Crippen LogP contribution in [0.3, 0.4) is 0 Å². The highest BCUT2D eigenvalue weighted by Gasteiger charge is 2.57. The molecular formula is C17H26N4O5S. The first kappa shape index (κ1) is 20.1. The summed E-state index contributed by atoms with van der Waals surface area (Å²) >= 11 is 1.30. The lowest BCUT2D eigenvalue weighted by molar-refractivity contribution is -0.156. The molecule has 0 aromatic rings. The third kappa shape index (κ3) is 3.84. The fraction of sp³-hybridized carbons (Fsp3) is 0.706. The van der Waals surface area contributed by atoms with E-state index in [2.05, 4.69) is 4.90 Å². The number of thioether (sulfide) groups is 1. The van der Waals surface area contributed by atoms with Crippen LogP contribution in [-0.2, 0) is 14.4 Å². The molecule has 27 heavy (non-hydrogen) atoms. The summed E-state index contributed by atoms with van der Waals surface area (Å²) < 4.78 is 0. The van der Waals surface area contributed by atoms with Gasteiger partial charge in [-0.25, -0.2) is 4.79 Å². The number of fused-ring (bicyclic) bond motifs is 1. The van der Waals surface area contributed by atoms with Gasteiger partial charge in [0.1, 0.15) is 11.1 Å². The number of carboxylic acid groups (broad SMARTS) is 1. The van der Waals surface area contributed by atoms with Gasteiger partial charge in [-0.15, -0.1) is 11.8 Å². The predicted octanol–water partition coefficient (Wildman–Crippen LogP) is -1.10. The van der Waals surface area contributed by atoms with Gasteiger partial charge in [-0.1, -0.05) is 0 Å². The van der Waals surface area contributed by atoms with Gasteiger partial charge in [0.25, 0.3) is 0 Å². The fourth-order valence-corrected chi connectivity index (χ4v) is 5.34. The topological polar surface area (TPSA) is 105 Å². The number of aliphatic hydroxyl groups excluding tert-OH is 1. The first-order chi connectivity index (χ1) is 12.7. The number of likely N-dealkylation sites (N-methyl/N-ethyl adjacent to an activating group) is 2. The molecule has 2 N–H and O–H groups in total. The Morgan fingerprint density at radius 3 is 2.48 bits per heavy atom. The van der Waals surface area contributed by atoms with Crippen LogP contribution >= 0.6 is 11.8 Å². The zero-order valence-corrected chi connectivity index (χ0v) is 16.6. The number of carbonyl (C=O) groups excluding carboxylic acids is 2. The van der Waals surface area contributed by atoms with Gasteiger partial charge in [0.05, 0.1) is 18.6 Å². The highest BCUT2D eigenvalue weighted by Crippen LogP contribution is 2.50. The Bertz CT molecular complexity index is 674. The van der Waals surface area contributed by atoms with E-state index in [0.29, 0.717) is 18.0 Å². The van der Waals surface area contributed by atoms with Crippen LogP contribution in [0.25, 0.3) is 0 Å². The molecule has 2 amide bonds. The van der Waals surface area contributed by atoms with Crippen molar-refractivity contribution in [3.05, 3.63) is 10.6 Å². The normalized spacial score (nSPS) is 27.1. The van der Waals surface area contributed by atoms with E-state index in [0.717, 1.165) is 13.1 Å². The Kier molecular flexibility index (Phi) is 5.80. The average molecular weight is 398 g/mol. The molecule has 3 aliphatic rings. The van der Waals surface area contributed by atoms with Gasteiger partial charge >= 0.3 is 5.97 Å². The maximum absolute atomic E-state index is 12.5. The molecule has 3 heterocycles. The maximum Gasteiger partial charge on any atom is 0.353 e. The Morgan fingerprint density at radius 2 is 1.93 bits per heavy atom. The zero-order valence-electron chi connectivity index (χ0n) is 15.8. The van der Waals surface area contributed by atoms with E-state index >= 15 is 0 Å². The van der Waals surface area contributed by atoms with Crippen molar-refractivity contribution in [2.45, 2.75) is 18.4 Å². The minimum absolute atomic E-state index is 0.0206. The number of carboxylic acids is 1. The lowest BCUT2D eigenvalue weighted by Crippen LogP contribution is -2.60. The molecule has 3 atom stereocenters. The number of aliphatic hydroxyl groups is 1. The monoisotopic (exact) mass is 398 g/mol. The fourth-order valence-electron chi connectivity index (χ4n) is 3.65. The second kappa shape index (κ2) is 7.78. The number of nitrogens with zero attached hydrogens (tertiary/aromatic N) is 4. The van der Waals surface area contributed by atoms with Crippen molar-refractivity contribution in [3.63, 3.8) is 0 Å². The molecule has 0 spiro atoms. The van der Waals surface area contributed by atoms with Crippen molar-refractivity contribution in [1.82, 2.24) is 19.6 Å². The Hall–Kier alpha value is -1.62. The van der Waals surface area contributed by atoms with Crippen LogP contribution in [0.2, 0.25) is 0 Å². The molecule has 0 radical (unpaired) electrons. The average Bonchev–Trinajstić information content (AvgIpc) is 2.89. The first-order valence-electron chi connectivity index (χ1n) is 8.99. The Labute approximate surface area is 162 Å². The Morgan fingerprint density at radius 1 is 1.30 bits per heavy atom. The first-order valence-corrected chi connectivity index (χ1v) is 9.87. The van der Waals surface area contributed by atoms with Crippen LogP contribution in [-0.4, -0.2) is 112 Å².